The Hall–Kier alpha value is -0.440. The maximum atomic E-state index is 9.19. The molecule has 1 aromatic carbocycles. The number of alkyl halides is 1. The van der Waals surface area contributed by atoms with Gasteiger partial charge in [0.25, 0.3) is 0 Å². The Morgan fingerprint density at radius 2 is 2.21 bits per heavy atom. The van der Waals surface area contributed by atoms with Gasteiger partial charge in [0.1, 0.15) is 18.5 Å². The van der Waals surface area contributed by atoms with Crippen molar-refractivity contribution in [3.63, 3.8) is 0 Å². The second-order valence-corrected chi connectivity index (χ2v) is 3.70. The average Bonchev–Trinajstić information content (AvgIpc) is 2.20. The highest BCUT2D eigenvalue weighted by atomic mass is 35.5. The number of benzene rings is 1. The van der Waals surface area contributed by atoms with E-state index in [0.717, 1.165) is 5.56 Å². The number of rotatable bonds is 4. The minimum absolute atomic E-state index is 0.166. The molecule has 0 bridgehead atoms. The number of aliphatic hydroxyl groups is 1. The first-order valence-corrected chi connectivity index (χ1v) is 5.18. The lowest BCUT2D eigenvalue weighted by Gasteiger charge is -2.12. The maximum Gasteiger partial charge on any atom is 0.123 e. The van der Waals surface area contributed by atoms with Crippen LogP contribution in [0.3, 0.4) is 0 Å². The van der Waals surface area contributed by atoms with Crippen LogP contribution in [0, 0.1) is 6.92 Å². The van der Waals surface area contributed by atoms with Crippen LogP contribution in [0.1, 0.15) is 5.56 Å². The number of hydrogen-bond donors (Lipinski definition) is 1. The Morgan fingerprint density at radius 3 is 2.86 bits per heavy atom. The zero-order valence-corrected chi connectivity index (χ0v) is 9.35. The van der Waals surface area contributed by atoms with Gasteiger partial charge in [0, 0.05) is 10.6 Å². The van der Waals surface area contributed by atoms with E-state index in [1.54, 1.807) is 12.1 Å². The molecule has 0 aromatic heterocycles. The molecule has 0 spiro atoms. The van der Waals surface area contributed by atoms with Crippen LogP contribution in [0.25, 0.3) is 0 Å². The molecule has 1 atom stereocenters. The maximum absolute atomic E-state index is 9.19. The Morgan fingerprint density at radius 1 is 1.50 bits per heavy atom. The summed E-state index contributed by atoms with van der Waals surface area (Å²) in [6.45, 7) is 2.05. The van der Waals surface area contributed by atoms with Crippen molar-refractivity contribution in [3.8, 4) is 5.75 Å². The van der Waals surface area contributed by atoms with Crippen LogP contribution in [0.15, 0.2) is 18.2 Å². The van der Waals surface area contributed by atoms with Gasteiger partial charge in [0.05, 0.1) is 5.88 Å². The van der Waals surface area contributed by atoms with E-state index < -0.39 is 6.10 Å². The fourth-order valence-electron chi connectivity index (χ4n) is 0.975. The van der Waals surface area contributed by atoms with E-state index in [9.17, 15) is 5.11 Å². The first-order valence-electron chi connectivity index (χ1n) is 4.27. The summed E-state index contributed by atoms with van der Waals surface area (Å²) in [7, 11) is 0. The molecule has 0 saturated heterocycles. The zero-order valence-electron chi connectivity index (χ0n) is 7.84. The van der Waals surface area contributed by atoms with E-state index in [-0.39, 0.29) is 12.5 Å². The molecule has 0 aliphatic carbocycles. The first kappa shape index (κ1) is 11.6. The highest BCUT2D eigenvalue weighted by Crippen LogP contribution is 2.24. The third kappa shape index (κ3) is 3.05. The molecule has 1 unspecified atom stereocenters. The standard InChI is InChI=1S/C10H12Cl2O2/c1-7-9(12)3-2-4-10(7)14-6-8(13)5-11/h2-4,8,13H,5-6H2,1H3. The van der Waals surface area contributed by atoms with Gasteiger partial charge in [0.15, 0.2) is 0 Å². The van der Waals surface area contributed by atoms with Crippen molar-refractivity contribution < 1.29 is 9.84 Å². The lowest BCUT2D eigenvalue weighted by atomic mass is 10.2. The number of aliphatic hydroxyl groups excluding tert-OH is 1. The van der Waals surface area contributed by atoms with Crippen molar-refractivity contribution in [3.05, 3.63) is 28.8 Å². The van der Waals surface area contributed by atoms with Crippen LogP contribution in [0.2, 0.25) is 5.02 Å². The molecular formula is C10H12Cl2O2. The minimum Gasteiger partial charge on any atom is -0.491 e. The molecule has 2 nitrogen and oxygen atoms in total. The van der Waals surface area contributed by atoms with Gasteiger partial charge < -0.3 is 9.84 Å². The van der Waals surface area contributed by atoms with E-state index in [4.69, 9.17) is 27.9 Å². The van der Waals surface area contributed by atoms with Crippen molar-refractivity contribution >= 4 is 23.2 Å². The van der Waals surface area contributed by atoms with Gasteiger partial charge in [-0.25, -0.2) is 0 Å². The Bertz CT molecular complexity index is 302. The first-order chi connectivity index (χ1) is 6.65. The van der Waals surface area contributed by atoms with E-state index in [1.807, 2.05) is 13.0 Å². The van der Waals surface area contributed by atoms with Gasteiger partial charge in [-0.2, -0.15) is 0 Å². The molecule has 0 aliphatic heterocycles. The molecule has 0 saturated carbocycles. The SMILES string of the molecule is Cc1c(Cl)cccc1OCC(O)CCl. The van der Waals surface area contributed by atoms with Crippen LogP contribution in [-0.4, -0.2) is 23.7 Å². The molecule has 1 N–H and O–H groups in total. The molecule has 0 amide bonds. The zero-order chi connectivity index (χ0) is 10.6. The molecule has 0 heterocycles. The normalized spacial score (nSPS) is 12.6. The summed E-state index contributed by atoms with van der Waals surface area (Å²) in [5.74, 6) is 0.848. The highest BCUT2D eigenvalue weighted by molar-refractivity contribution is 6.31. The fourth-order valence-corrected chi connectivity index (χ4v) is 1.23. The number of halogens is 2. The van der Waals surface area contributed by atoms with Gasteiger partial charge in [-0.05, 0) is 19.1 Å². The van der Waals surface area contributed by atoms with E-state index in [1.165, 1.54) is 0 Å². The van der Waals surface area contributed by atoms with Crippen LogP contribution in [-0.2, 0) is 0 Å². The predicted molar refractivity (Wildman–Crippen MR) is 58.4 cm³/mol. The smallest absolute Gasteiger partial charge is 0.123 e. The lowest BCUT2D eigenvalue weighted by Crippen LogP contribution is -2.19. The van der Waals surface area contributed by atoms with Crippen LogP contribution in [0.4, 0.5) is 0 Å². The summed E-state index contributed by atoms with van der Waals surface area (Å²) in [6, 6.07) is 5.40. The molecule has 4 heteroatoms. The van der Waals surface area contributed by atoms with Gasteiger partial charge in [0.2, 0.25) is 0 Å². The Kier molecular flexibility index (Phi) is 4.52. The number of ether oxygens (including phenoxy) is 1. The van der Waals surface area contributed by atoms with Crippen molar-refractivity contribution in [2.45, 2.75) is 13.0 Å². The summed E-state index contributed by atoms with van der Waals surface area (Å²) >= 11 is 11.3. The second-order valence-electron chi connectivity index (χ2n) is 2.98. The van der Waals surface area contributed by atoms with Crippen molar-refractivity contribution in [1.82, 2.24) is 0 Å². The van der Waals surface area contributed by atoms with Crippen LogP contribution in [0.5, 0.6) is 5.75 Å². The molecule has 0 fully saturated rings. The van der Waals surface area contributed by atoms with E-state index in [2.05, 4.69) is 0 Å². The Labute approximate surface area is 93.4 Å². The quantitative estimate of drug-likeness (QED) is 0.813. The molecule has 14 heavy (non-hydrogen) atoms. The largest absolute Gasteiger partial charge is 0.491 e. The summed E-state index contributed by atoms with van der Waals surface area (Å²) < 4.78 is 5.35. The van der Waals surface area contributed by atoms with E-state index >= 15 is 0 Å². The molecule has 78 valence electrons. The van der Waals surface area contributed by atoms with Crippen molar-refractivity contribution in [2.24, 2.45) is 0 Å². The summed E-state index contributed by atoms with van der Waals surface area (Å²) in [4.78, 5) is 0. The average molecular weight is 235 g/mol. The Balaban J connectivity index is 2.63. The highest BCUT2D eigenvalue weighted by Gasteiger charge is 2.06. The van der Waals surface area contributed by atoms with Gasteiger partial charge in [-0.3, -0.25) is 0 Å². The third-order valence-electron chi connectivity index (χ3n) is 1.83. The summed E-state index contributed by atoms with van der Waals surface area (Å²) in [6.07, 6.45) is -0.643. The predicted octanol–water partition coefficient (Wildman–Crippen LogP) is 2.63. The van der Waals surface area contributed by atoms with Crippen molar-refractivity contribution in [1.29, 1.82) is 0 Å². The van der Waals surface area contributed by atoms with Gasteiger partial charge in [-0.1, -0.05) is 17.7 Å². The van der Waals surface area contributed by atoms with E-state index in [0.29, 0.717) is 10.8 Å². The van der Waals surface area contributed by atoms with Gasteiger partial charge in [-0.15, -0.1) is 11.6 Å². The number of hydrogen-bond acceptors (Lipinski definition) is 2. The molecule has 1 aromatic rings. The molecule has 1 rings (SSSR count). The topological polar surface area (TPSA) is 29.5 Å². The van der Waals surface area contributed by atoms with Crippen LogP contribution < -0.4 is 4.74 Å². The third-order valence-corrected chi connectivity index (χ3v) is 2.59. The molecule has 0 radical (unpaired) electrons. The summed E-state index contributed by atoms with van der Waals surface area (Å²) in [5.41, 5.74) is 0.871. The molecule has 0 aliphatic rings. The molecular weight excluding hydrogens is 223 g/mol. The van der Waals surface area contributed by atoms with Crippen molar-refractivity contribution in [2.75, 3.05) is 12.5 Å². The second kappa shape index (κ2) is 5.44. The minimum atomic E-state index is -0.643. The monoisotopic (exact) mass is 234 g/mol. The fraction of sp³-hybridized carbons (Fsp3) is 0.400. The van der Waals surface area contributed by atoms with Gasteiger partial charge >= 0.3 is 0 Å². The summed E-state index contributed by atoms with van der Waals surface area (Å²) in [5, 5.41) is 9.84. The van der Waals surface area contributed by atoms with Crippen LogP contribution >= 0.6 is 23.2 Å². The lowest BCUT2D eigenvalue weighted by molar-refractivity contribution is 0.125.